The summed E-state index contributed by atoms with van der Waals surface area (Å²) < 4.78 is 0. The Kier molecular flexibility index (Phi) is 5.06. The van der Waals surface area contributed by atoms with Gasteiger partial charge in [-0.05, 0) is 21.0 Å². The van der Waals surface area contributed by atoms with E-state index in [0.717, 1.165) is 6.67 Å². The van der Waals surface area contributed by atoms with Gasteiger partial charge in [-0.15, -0.1) is 0 Å². The molecule has 0 aromatic heterocycles. The molecule has 0 rings (SSSR count). The Morgan fingerprint density at radius 3 is 2.60 bits per heavy atom. The van der Waals surface area contributed by atoms with E-state index in [0.29, 0.717) is 12.6 Å². The highest BCUT2D eigenvalue weighted by Crippen LogP contribution is 1.81. The van der Waals surface area contributed by atoms with Crippen LogP contribution in [0.15, 0.2) is 5.11 Å². The lowest BCUT2D eigenvalue weighted by Crippen LogP contribution is -2.36. The molecule has 0 aromatic rings. The topological polar surface area (TPSA) is 51.5 Å². The van der Waals surface area contributed by atoms with Crippen molar-refractivity contribution in [3.8, 4) is 0 Å². The minimum absolute atomic E-state index is 0.305. The lowest BCUT2D eigenvalue weighted by molar-refractivity contribution is 0.345. The molecule has 1 unspecified atom stereocenters. The van der Waals surface area contributed by atoms with Crippen LogP contribution in [-0.4, -0.2) is 38.3 Å². The normalized spacial score (nSPS) is 13.6. The second kappa shape index (κ2) is 5.32. The van der Waals surface area contributed by atoms with Crippen molar-refractivity contribution >= 4 is 0 Å². The minimum Gasteiger partial charge on any atom is -0.300 e. The first-order valence-corrected chi connectivity index (χ1v) is 3.38. The van der Waals surface area contributed by atoms with Gasteiger partial charge in [-0.25, -0.2) is 5.53 Å². The third-order valence-corrected chi connectivity index (χ3v) is 1.12. The van der Waals surface area contributed by atoms with Gasteiger partial charge in [-0.2, -0.15) is 5.11 Å². The Bertz CT molecular complexity index is 91.7. The van der Waals surface area contributed by atoms with Crippen molar-refractivity contribution in [2.45, 2.75) is 13.0 Å². The van der Waals surface area contributed by atoms with Gasteiger partial charge in [-0.1, -0.05) is 0 Å². The molecule has 0 saturated carbocycles. The van der Waals surface area contributed by atoms with Crippen LogP contribution in [0.1, 0.15) is 6.92 Å². The largest absolute Gasteiger partial charge is 0.300 e. The second-order valence-corrected chi connectivity index (χ2v) is 2.68. The van der Waals surface area contributed by atoms with Crippen LogP contribution in [0, 0.1) is 5.53 Å². The first-order valence-electron chi connectivity index (χ1n) is 3.38. The first kappa shape index (κ1) is 9.52. The Balaban J connectivity index is 3.20. The zero-order valence-electron chi connectivity index (χ0n) is 6.89. The molecule has 0 aromatic carbocycles. The summed E-state index contributed by atoms with van der Waals surface area (Å²) in [6.45, 7) is 3.42. The quantitative estimate of drug-likeness (QED) is 0.436. The van der Waals surface area contributed by atoms with Crippen LogP contribution in [0.3, 0.4) is 0 Å². The van der Waals surface area contributed by atoms with Crippen molar-refractivity contribution in [2.75, 3.05) is 27.3 Å². The molecule has 1 atom stereocenters. The van der Waals surface area contributed by atoms with Gasteiger partial charge < -0.3 is 0 Å². The molecule has 0 heterocycles. The fourth-order valence-corrected chi connectivity index (χ4v) is 0.540. The standard InChI is InChI=1S/C6H16N4/c1-6(4-9-7)8-5-10(2)3/h6-8H,4-5H2,1-3H3. The molecule has 4 heteroatoms. The number of hydrogen-bond acceptors (Lipinski definition) is 4. The molecule has 0 aliphatic rings. The zero-order valence-corrected chi connectivity index (χ0v) is 6.89. The number of nitrogens with zero attached hydrogens (tertiary/aromatic N) is 2. The molecule has 0 spiro atoms. The van der Waals surface area contributed by atoms with Crippen LogP contribution in [0.4, 0.5) is 0 Å². The summed E-state index contributed by atoms with van der Waals surface area (Å²) in [6.07, 6.45) is 0. The molecular weight excluding hydrogens is 128 g/mol. The van der Waals surface area contributed by atoms with Crippen LogP contribution in [0.5, 0.6) is 0 Å². The maximum Gasteiger partial charge on any atom is 0.0747 e. The smallest absolute Gasteiger partial charge is 0.0747 e. The highest BCUT2D eigenvalue weighted by atomic mass is 15.2. The molecule has 4 nitrogen and oxygen atoms in total. The summed E-state index contributed by atoms with van der Waals surface area (Å²) in [7, 11) is 4.00. The van der Waals surface area contributed by atoms with Crippen LogP contribution >= 0.6 is 0 Å². The van der Waals surface area contributed by atoms with Crippen molar-refractivity contribution in [1.29, 1.82) is 5.53 Å². The molecule has 10 heavy (non-hydrogen) atoms. The van der Waals surface area contributed by atoms with Gasteiger partial charge in [0.25, 0.3) is 0 Å². The average molecular weight is 144 g/mol. The molecular formula is C6H16N4. The Labute approximate surface area is 62.1 Å². The number of nitrogens with one attached hydrogen (secondary N) is 2. The predicted molar refractivity (Wildman–Crippen MR) is 41.2 cm³/mol. The van der Waals surface area contributed by atoms with E-state index in [1.54, 1.807) is 0 Å². The monoisotopic (exact) mass is 144 g/mol. The van der Waals surface area contributed by atoms with E-state index in [2.05, 4.69) is 10.4 Å². The van der Waals surface area contributed by atoms with E-state index in [4.69, 9.17) is 5.53 Å². The average Bonchev–Trinajstić information content (AvgIpc) is 1.85. The van der Waals surface area contributed by atoms with Crippen LogP contribution in [-0.2, 0) is 0 Å². The molecule has 2 N–H and O–H groups in total. The summed E-state index contributed by atoms with van der Waals surface area (Å²) in [5.41, 5.74) is 6.59. The maximum atomic E-state index is 6.59. The fraction of sp³-hybridized carbons (Fsp3) is 1.00. The van der Waals surface area contributed by atoms with Crippen LogP contribution in [0.25, 0.3) is 0 Å². The van der Waals surface area contributed by atoms with Crippen molar-refractivity contribution in [3.63, 3.8) is 0 Å². The van der Waals surface area contributed by atoms with Gasteiger partial charge in [0, 0.05) is 12.7 Å². The summed E-state index contributed by atoms with van der Waals surface area (Å²) in [5.74, 6) is 0. The molecule has 0 aliphatic heterocycles. The highest BCUT2D eigenvalue weighted by Gasteiger charge is 1.98. The van der Waals surface area contributed by atoms with Crippen LogP contribution < -0.4 is 5.32 Å². The fourth-order valence-electron chi connectivity index (χ4n) is 0.540. The summed E-state index contributed by atoms with van der Waals surface area (Å²) in [5, 5.41) is 6.48. The third-order valence-electron chi connectivity index (χ3n) is 1.12. The Morgan fingerprint density at radius 1 is 1.60 bits per heavy atom. The first-order chi connectivity index (χ1) is 4.66. The summed E-state index contributed by atoms with van der Waals surface area (Å²) in [6, 6.07) is 0.305. The van der Waals surface area contributed by atoms with Gasteiger partial charge in [0.2, 0.25) is 0 Å². The predicted octanol–water partition coefficient (Wildman–Crippen LogP) is 0.515. The Hall–Kier alpha value is -0.480. The van der Waals surface area contributed by atoms with E-state index >= 15 is 0 Å². The van der Waals surface area contributed by atoms with Gasteiger partial charge in [-0.3, -0.25) is 10.2 Å². The minimum atomic E-state index is 0.305. The molecule has 0 saturated heterocycles. The van der Waals surface area contributed by atoms with E-state index in [9.17, 15) is 0 Å². The van der Waals surface area contributed by atoms with E-state index in [1.165, 1.54) is 0 Å². The molecule has 0 radical (unpaired) electrons. The number of rotatable bonds is 5. The van der Waals surface area contributed by atoms with Crippen molar-refractivity contribution in [3.05, 3.63) is 0 Å². The lowest BCUT2D eigenvalue weighted by Gasteiger charge is -2.14. The van der Waals surface area contributed by atoms with E-state index < -0.39 is 0 Å². The molecule has 0 aliphatic carbocycles. The highest BCUT2D eigenvalue weighted by molar-refractivity contribution is 4.59. The molecule has 0 fully saturated rings. The summed E-state index contributed by atoms with van der Waals surface area (Å²) >= 11 is 0. The molecule has 60 valence electrons. The Morgan fingerprint density at radius 2 is 2.20 bits per heavy atom. The van der Waals surface area contributed by atoms with Gasteiger partial charge in [0.15, 0.2) is 0 Å². The molecule has 0 bridgehead atoms. The second-order valence-electron chi connectivity index (χ2n) is 2.68. The zero-order chi connectivity index (χ0) is 7.98. The SMILES string of the molecule is CC(CN=N)NCN(C)C. The van der Waals surface area contributed by atoms with Crippen LogP contribution in [0.2, 0.25) is 0 Å². The molecule has 0 amide bonds. The summed E-state index contributed by atoms with van der Waals surface area (Å²) in [4.78, 5) is 2.04. The van der Waals surface area contributed by atoms with Gasteiger partial charge >= 0.3 is 0 Å². The maximum absolute atomic E-state index is 6.59. The van der Waals surface area contributed by atoms with Crippen molar-refractivity contribution < 1.29 is 0 Å². The van der Waals surface area contributed by atoms with E-state index in [1.807, 2.05) is 25.9 Å². The third kappa shape index (κ3) is 5.65. The van der Waals surface area contributed by atoms with Gasteiger partial charge in [0.05, 0.1) is 6.54 Å². The van der Waals surface area contributed by atoms with Crippen molar-refractivity contribution in [1.82, 2.24) is 10.2 Å². The van der Waals surface area contributed by atoms with Gasteiger partial charge in [0.1, 0.15) is 0 Å². The van der Waals surface area contributed by atoms with E-state index in [-0.39, 0.29) is 0 Å². The van der Waals surface area contributed by atoms with Crippen molar-refractivity contribution in [2.24, 2.45) is 5.11 Å². The lowest BCUT2D eigenvalue weighted by atomic mass is 10.3. The number of hydrogen-bond donors (Lipinski definition) is 2.